The van der Waals surface area contributed by atoms with Gasteiger partial charge in [-0.05, 0) is 0 Å². The standard InChI is InChI=1S/C9H11.ClH.Na/c1-8(2)9-6-4-3-5-7-9;;/h3-7H,1-2H3;1H;. The molecule has 1 rings (SSSR count). The first kappa shape index (κ1) is 11.5. The quantitative estimate of drug-likeness (QED) is 0.580. The van der Waals surface area contributed by atoms with Gasteiger partial charge < -0.3 is 0 Å². The summed E-state index contributed by atoms with van der Waals surface area (Å²) in [4.78, 5) is 0. The SMILES string of the molecule is C[C](C)([Na])c1ccccc1.Cl. The van der Waals surface area contributed by atoms with Gasteiger partial charge in [-0.3, -0.25) is 0 Å². The fourth-order valence-corrected chi connectivity index (χ4v) is 1.27. The molecule has 0 aliphatic rings. The molecule has 11 heavy (non-hydrogen) atoms. The van der Waals surface area contributed by atoms with Crippen LogP contribution in [0.5, 0.6) is 0 Å². The van der Waals surface area contributed by atoms with E-state index in [4.69, 9.17) is 0 Å². The van der Waals surface area contributed by atoms with E-state index in [9.17, 15) is 0 Å². The summed E-state index contributed by atoms with van der Waals surface area (Å²) in [7, 11) is 0. The molecule has 0 heterocycles. The van der Waals surface area contributed by atoms with Crippen LogP contribution in [-0.4, -0.2) is 27.9 Å². The Kier molecular flexibility index (Phi) is 4.72. The van der Waals surface area contributed by atoms with Crippen molar-refractivity contribution in [2.24, 2.45) is 0 Å². The Hall–Kier alpha value is 0.510. The van der Waals surface area contributed by atoms with E-state index in [1.807, 2.05) is 0 Å². The Labute approximate surface area is 92.2 Å². The first-order valence-corrected chi connectivity index (χ1v) is 4.66. The number of hydrogen-bond acceptors (Lipinski definition) is 0. The van der Waals surface area contributed by atoms with Gasteiger partial charge in [0, 0.05) is 0 Å². The molecule has 56 valence electrons. The Morgan fingerprint density at radius 1 is 1.09 bits per heavy atom. The van der Waals surface area contributed by atoms with Crippen LogP contribution >= 0.6 is 12.4 Å². The molecule has 0 aliphatic carbocycles. The Bertz CT molecular complexity index is 201. The molecule has 0 atom stereocenters. The minimum Gasteiger partial charge on any atom is -0.147 e. The van der Waals surface area contributed by atoms with Crippen molar-refractivity contribution in [1.29, 1.82) is 0 Å². The molecule has 0 aliphatic heterocycles. The van der Waals surface area contributed by atoms with Gasteiger partial charge in [-0.1, -0.05) is 0 Å². The average Bonchev–Trinajstić information content (AvgIpc) is 1.88. The average molecular weight is 179 g/mol. The Morgan fingerprint density at radius 2 is 1.55 bits per heavy atom. The van der Waals surface area contributed by atoms with Crippen molar-refractivity contribution < 1.29 is 0 Å². The van der Waals surface area contributed by atoms with Crippen molar-refractivity contribution >= 4 is 40.3 Å². The van der Waals surface area contributed by atoms with Crippen molar-refractivity contribution in [3.8, 4) is 0 Å². The van der Waals surface area contributed by atoms with Crippen LogP contribution < -0.4 is 0 Å². The zero-order chi connectivity index (χ0) is 7.61. The Balaban J connectivity index is 0.000001000. The van der Waals surface area contributed by atoms with Crippen LogP contribution in [0.25, 0.3) is 0 Å². The summed E-state index contributed by atoms with van der Waals surface area (Å²) in [5.74, 6) is 0. The minimum atomic E-state index is 0. The fraction of sp³-hybridized carbons (Fsp3) is 0.333. The smallest absolute Gasteiger partial charge is 0.147 e. The first-order valence-electron chi connectivity index (χ1n) is 3.66. The molecular weight excluding hydrogens is 167 g/mol. The number of benzene rings is 1. The maximum absolute atomic E-state index is 2.29. The normalized spacial score (nSPS) is 10.5. The van der Waals surface area contributed by atoms with Crippen molar-refractivity contribution in [3.63, 3.8) is 0 Å². The summed E-state index contributed by atoms with van der Waals surface area (Å²) in [6.07, 6.45) is 0. The van der Waals surface area contributed by atoms with Gasteiger partial charge in [-0.2, -0.15) is 0 Å². The van der Waals surface area contributed by atoms with Gasteiger partial charge in [-0.25, -0.2) is 0 Å². The second-order valence-corrected chi connectivity index (χ2v) is 6.12. The van der Waals surface area contributed by atoms with E-state index in [-0.39, 0.29) is 12.4 Å². The van der Waals surface area contributed by atoms with Crippen molar-refractivity contribution in [2.75, 3.05) is 0 Å². The number of halogens is 1. The van der Waals surface area contributed by atoms with Gasteiger partial charge in [0.1, 0.15) is 0 Å². The van der Waals surface area contributed by atoms with E-state index in [2.05, 4.69) is 44.2 Å². The van der Waals surface area contributed by atoms with Crippen LogP contribution in [0.4, 0.5) is 0 Å². The van der Waals surface area contributed by atoms with Gasteiger partial charge in [0.25, 0.3) is 0 Å². The van der Waals surface area contributed by atoms with Crippen LogP contribution in [0, 0.1) is 0 Å². The van der Waals surface area contributed by atoms with Crippen molar-refractivity contribution in [3.05, 3.63) is 35.9 Å². The number of hydrogen-bond donors (Lipinski definition) is 0. The van der Waals surface area contributed by atoms with E-state index in [1.165, 1.54) is 33.5 Å². The minimum absolute atomic E-state index is 0. The second kappa shape index (κ2) is 4.51. The van der Waals surface area contributed by atoms with Crippen LogP contribution in [0.1, 0.15) is 19.4 Å². The van der Waals surface area contributed by atoms with Gasteiger partial charge in [-0.15, -0.1) is 12.4 Å². The molecule has 0 amide bonds. The third-order valence-corrected chi connectivity index (χ3v) is 2.22. The zero-order valence-electron chi connectivity index (χ0n) is 7.29. The molecule has 0 saturated heterocycles. The van der Waals surface area contributed by atoms with Crippen molar-refractivity contribution in [1.82, 2.24) is 0 Å². The molecule has 1 aromatic rings. The van der Waals surface area contributed by atoms with Crippen LogP contribution in [0.2, 0.25) is 0 Å². The van der Waals surface area contributed by atoms with Crippen LogP contribution in [0.15, 0.2) is 30.3 Å². The number of rotatable bonds is 1. The van der Waals surface area contributed by atoms with E-state index < -0.39 is 0 Å². The van der Waals surface area contributed by atoms with Crippen LogP contribution in [0.3, 0.4) is 0 Å². The molecule has 0 nitrogen and oxygen atoms in total. The molecule has 2 heteroatoms. The van der Waals surface area contributed by atoms with Crippen LogP contribution in [-0.2, 0) is 2.66 Å². The topological polar surface area (TPSA) is 0 Å². The molecule has 0 saturated carbocycles. The summed E-state index contributed by atoms with van der Waals surface area (Å²) in [6.45, 7) is 4.57. The summed E-state index contributed by atoms with van der Waals surface area (Å²) in [5, 5.41) is 0. The summed E-state index contributed by atoms with van der Waals surface area (Å²) < 4.78 is 0.432. The molecule has 0 radical (unpaired) electrons. The van der Waals surface area contributed by atoms with Gasteiger partial charge in [0.2, 0.25) is 0 Å². The monoisotopic (exact) mass is 178 g/mol. The largest absolute Gasteiger partial charge is 0.147 e. The molecule has 1 aromatic carbocycles. The maximum atomic E-state index is 2.29. The van der Waals surface area contributed by atoms with Gasteiger partial charge >= 0.3 is 80.3 Å². The molecular formula is C9H12ClNa. The third-order valence-electron chi connectivity index (χ3n) is 1.64. The fourth-order valence-electron chi connectivity index (χ4n) is 0.938. The molecule has 0 aromatic heterocycles. The molecule has 0 unspecified atom stereocenters. The molecule has 0 bridgehead atoms. The second-order valence-electron chi connectivity index (χ2n) is 3.62. The Morgan fingerprint density at radius 3 is 1.82 bits per heavy atom. The molecule has 0 fully saturated rings. The first-order chi connectivity index (χ1) is 4.61. The maximum Gasteiger partial charge on any atom is -0.147 e. The predicted octanol–water partition coefficient (Wildman–Crippen LogP) is 2.51. The van der Waals surface area contributed by atoms with E-state index in [0.29, 0.717) is 2.66 Å². The van der Waals surface area contributed by atoms with Gasteiger partial charge in [0.15, 0.2) is 0 Å². The van der Waals surface area contributed by atoms with E-state index >= 15 is 0 Å². The van der Waals surface area contributed by atoms with Crippen molar-refractivity contribution in [2.45, 2.75) is 16.5 Å². The molecule has 0 N–H and O–H groups in total. The summed E-state index contributed by atoms with van der Waals surface area (Å²) in [5.41, 5.74) is 1.46. The predicted molar refractivity (Wildman–Crippen MR) is 52.5 cm³/mol. The summed E-state index contributed by atoms with van der Waals surface area (Å²) >= 11 is 1.22. The molecule has 0 spiro atoms. The zero-order valence-corrected chi connectivity index (χ0v) is 10.1. The van der Waals surface area contributed by atoms with E-state index in [1.54, 1.807) is 0 Å². The van der Waals surface area contributed by atoms with E-state index in [0.717, 1.165) is 0 Å². The summed E-state index contributed by atoms with van der Waals surface area (Å²) in [6, 6.07) is 10.7. The van der Waals surface area contributed by atoms with Gasteiger partial charge in [0.05, 0.1) is 0 Å². The third kappa shape index (κ3) is 3.62.